The van der Waals surface area contributed by atoms with Crippen LogP contribution in [-0.2, 0) is 11.3 Å². The standard InChI is InChI=1S/C14H25N3O/c1-5-8-15-14-7-6-13(9-16-14)10-17(3)12(2)11-18-4/h6-7,9,12H,5,8,10-11H2,1-4H3,(H,15,16). The Kier molecular flexibility index (Phi) is 6.68. The highest BCUT2D eigenvalue weighted by Crippen LogP contribution is 2.09. The molecular formula is C14H25N3O. The Morgan fingerprint density at radius 2 is 2.22 bits per heavy atom. The first-order chi connectivity index (χ1) is 8.67. The monoisotopic (exact) mass is 251 g/mol. The van der Waals surface area contributed by atoms with Gasteiger partial charge in [0.05, 0.1) is 6.61 Å². The van der Waals surface area contributed by atoms with Crippen molar-refractivity contribution in [1.82, 2.24) is 9.88 Å². The topological polar surface area (TPSA) is 37.4 Å². The molecule has 1 unspecified atom stereocenters. The van der Waals surface area contributed by atoms with Crippen molar-refractivity contribution in [1.29, 1.82) is 0 Å². The van der Waals surface area contributed by atoms with Crippen LogP contribution in [0.5, 0.6) is 0 Å². The highest BCUT2D eigenvalue weighted by atomic mass is 16.5. The van der Waals surface area contributed by atoms with Gasteiger partial charge in [-0.25, -0.2) is 4.98 Å². The van der Waals surface area contributed by atoms with E-state index in [1.807, 2.05) is 12.3 Å². The number of hydrogen-bond donors (Lipinski definition) is 1. The van der Waals surface area contributed by atoms with Gasteiger partial charge in [0.2, 0.25) is 0 Å². The molecule has 0 spiro atoms. The van der Waals surface area contributed by atoms with Crippen LogP contribution in [0.2, 0.25) is 0 Å². The molecule has 0 aromatic carbocycles. The number of methoxy groups -OCH3 is 1. The van der Waals surface area contributed by atoms with Crippen LogP contribution in [0, 0.1) is 0 Å². The third kappa shape index (κ3) is 5.02. The van der Waals surface area contributed by atoms with E-state index >= 15 is 0 Å². The molecule has 0 bridgehead atoms. The SMILES string of the molecule is CCCNc1ccc(CN(C)C(C)COC)cn1. The quantitative estimate of drug-likeness (QED) is 0.769. The van der Waals surface area contributed by atoms with Crippen LogP contribution in [-0.4, -0.2) is 43.2 Å². The minimum absolute atomic E-state index is 0.410. The van der Waals surface area contributed by atoms with E-state index in [0.29, 0.717) is 6.04 Å². The zero-order valence-corrected chi connectivity index (χ0v) is 11.9. The number of rotatable bonds is 8. The van der Waals surface area contributed by atoms with E-state index in [2.05, 4.69) is 42.2 Å². The smallest absolute Gasteiger partial charge is 0.125 e. The lowest BCUT2D eigenvalue weighted by molar-refractivity contribution is 0.112. The van der Waals surface area contributed by atoms with Gasteiger partial charge in [0.15, 0.2) is 0 Å². The number of nitrogens with one attached hydrogen (secondary N) is 1. The summed E-state index contributed by atoms with van der Waals surface area (Å²) < 4.78 is 5.16. The van der Waals surface area contributed by atoms with Gasteiger partial charge in [-0.15, -0.1) is 0 Å². The fraction of sp³-hybridized carbons (Fsp3) is 0.643. The van der Waals surface area contributed by atoms with Gasteiger partial charge < -0.3 is 10.1 Å². The highest BCUT2D eigenvalue weighted by molar-refractivity contribution is 5.35. The molecule has 0 radical (unpaired) electrons. The third-order valence-electron chi connectivity index (χ3n) is 2.97. The summed E-state index contributed by atoms with van der Waals surface area (Å²) in [6.07, 6.45) is 3.05. The Labute approximate surface area is 110 Å². The molecule has 0 fully saturated rings. The summed E-state index contributed by atoms with van der Waals surface area (Å²) in [5.74, 6) is 0.952. The number of nitrogens with zero attached hydrogens (tertiary/aromatic N) is 2. The molecule has 1 aromatic heterocycles. The first-order valence-electron chi connectivity index (χ1n) is 6.55. The van der Waals surface area contributed by atoms with E-state index in [0.717, 1.165) is 31.9 Å². The van der Waals surface area contributed by atoms with Crippen LogP contribution in [0.15, 0.2) is 18.3 Å². The van der Waals surface area contributed by atoms with Crippen LogP contribution >= 0.6 is 0 Å². The summed E-state index contributed by atoms with van der Waals surface area (Å²) in [4.78, 5) is 6.67. The minimum Gasteiger partial charge on any atom is -0.383 e. The van der Waals surface area contributed by atoms with Crippen LogP contribution in [0.3, 0.4) is 0 Å². The van der Waals surface area contributed by atoms with Crippen LogP contribution < -0.4 is 5.32 Å². The average molecular weight is 251 g/mol. The molecule has 0 aliphatic heterocycles. The van der Waals surface area contributed by atoms with Crippen molar-refractivity contribution in [3.63, 3.8) is 0 Å². The number of likely N-dealkylation sites (N-methyl/N-ethyl adjacent to an activating group) is 1. The summed E-state index contributed by atoms with van der Waals surface area (Å²) >= 11 is 0. The fourth-order valence-electron chi connectivity index (χ4n) is 1.69. The average Bonchev–Trinajstić information content (AvgIpc) is 2.38. The molecule has 0 saturated heterocycles. The van der Waals surface area contributed by atoms with Crippen molar-refractivity contribution >= 4 is 5.82 Å². The summed E-state index contributed by atoms with van der Waals surface area (Å²) in [7, 11) is 3.84. The molecule has 4 nitrogen and oxygen atoms in total. The van der Waals surface area contributed by atoms with E-state index < -0.39 is 0 Å². The molecule has 18 heavy (non-hydrogen) atoms. The van der Waals surface area contributed by atoms with E-state index in [9.17, 15) is 0 Å². The van der Waals surface area contributed by atoms with Crippen molar-refractivity contribution in [3.8, 4) is 0 Å². The number of hydrogen-bond acceptors (Lipinski definition) is 4. The van der Waals surface area contributed by atoms with Crippen molar-refractivity contribution in [2.45, 2.75) is 32.9 Å². The number of pyridine rings is 1. The Hall–Kier alpha value is -1.13. The maximum atomic E-state index is 5.16. The molecule has 1 N–H and O–H groups in total. The number of anilines is 1. The van der Waals surface area contributed by atoms with Crippen LogP contribution in [0.25, 0.3) is 0 Å². The molecule has 0 aliphatic rings. The molecule has 4 heteroatoms. The van der Waals surface area contributed by atoms with Gasteiger partial charge in [-0.05, 0) is 32.0 Å². The molecule has 1 rings (SSSR count). The number of aromatic nitrogens is 1. The van der Waals surface area contributed by atoms with E-state index in [-0.39, 0.29) is 0 Å². The maximum Gasteiger partial charge on any atom is 0.125 e. The van der Waals surface area contributed by atoms with E-state index in [1.54, 1.807) is 7.11 Å². The normalized spacial score (nSPS) is 12.7. The van der Waals surface area contributed by atoms with Gasteiger partial charge in [0.1, 0.15) is 5.82 Å². The zero-order chi connectivity index (χ0) is 13.4. The van der Waals surface area contributed by atoms with Gasteiger partial charge in [0, 0.05) is 32.4 Å². The lowest BCUT2D eigenvalue weighted by Gasteiger charge is -2.23. The molecule has 1 heterocycles. The van der Waals surface area contributed by atoms with E-state index in [1.165, 1.54) is 5.56 Å². The Bertz CT molecular complexity index is 326. The second kappa shape index (κ2) is 8.06. The molecule has 0 amide bonds. The Morgan fingerprint density at radius 3 is 2.78 bits per heavy atom. The van der Waals surface area contributed by atoms with Gasteiger partial charge in [-0.3, -0.25) is 4.90 Å². The maximum absolute atomic E-state index is 5.16. The summed E-state index contributed by atoms with van der Waals surface area (Å²) in [5.41, 5.74) is 1.22. The first kappa shape index (κ1) is 14.9. The molecule has 1 aromatic rings. The van der Waals surface area contributed by atoms with Gasteiger partial charge in [-0.1, -0.05) is 13.0 Å². The predicted octanol–water partition coefficient (Wildman–Crippen LogP) is 2.37. The molecule has 102 valence electrons. The molecular weight excluding hydrogens is 226 g/mol. The van der Waals surface area contributed by atoms with Crippen LogP contribution in [0.4, 0.5) is 5.82 Å². The third-order valence-corrected chi connectivity index (χ3v) is 2.97. The highest BCUT2D eigenvalue weighted by Gasteiger charge is 2.09. The van der Waals surface area contributed by atoms with Crippen LogP contribution in [0.1, 0.15) is 25.8 Å². The van der Waals surface area contributed by atoms with Gasteiger partial charge in [0.25, 0.3) is 0 Å². The van der Waals surface area contributed by atoms with Gasteiger partial charge >= 0.3 is 0 Å². The summed E-state index contributed by atoms with van der Waals surface area (Å²) in [6.45, 7) is 6.92. The number of ether oxygens (including phenoxy) is 1. The largest absolute Gasteiger partial charge is 0.383 e. The van der Waals surface area contributed by atoms with Gasteiger partial charge in [-0.2, -0.15) is 0 Å². The predicted molar refractivity (Wildman–Crippen MR) is 75.8 cm³/mol. The minimum atomic E-state index is 0.410. The lowest BCUT2D eigenvalue weighted by Crippen LogP contribution is -2.32. The van der Waals surface area contributed by atoms with Crippen molar-refractivity contribution in [2.75, 3.05) is 32.6 Å². The molecule has 0 aliphatic carbocycles. The summed E-state index contributed by atoms with van der Waals surface area (Å²) in [6, 6.07) is 4.58. The second-order valence-corrected chi connectivity index (χ2v) is 4.70. The lowest BCUT2D eigenvalue weighted by atomic mass is 10.2. The Balaban J connectivity index is 2.47. The molecule has 0 saturated carbocycles. The zero-order valence-electron chi connectivity index (χ0n) is 11.9. The van der Waals surface area contributed by atoms with E-state index in [4.69, 9.17) is 4.74 Å². The molecule has 1 atom stereocenters. The van der Waals surface area contributed by atoms with Crippen molar-refractivity contribution in [2.24, 2.45) is 0 Å². The fourth-order valence-corrected chi connectivity index (χ4v) is 1.69. The second-order valence-electron chi connectivity index (χ2n) is 4.70. The van der Waals surface area contributed by atoms with Crippen molar-refractivity contribution in [3.05, 3.63) is 23.9 Å². The Morgan fingerprint density at radius 1 is 1.44 bits per heavy atom. The van der Waals surface area contributed by atoms with Crippen molar-refractivity contribution < 1.29 is 4.74 Å². The summed E-state index contributed by atoms with van der Waals surface area (Å²) in [5, 5.41) is 3.27. The first-order valence-corrected chi connectivity index (χ1v) is 6.55.